The molecule has 2 amide bonds. The summed E-state index contributed by atoms with van der Waals surface area (Å²) in [5.74, 6) is -0.658. The Hall–Kier alpha value is -4.27. The second kappa shape index (κ2) is 11.2. The standard InChI is InChI=1S/C29H31N5O3/c1-3-34(4-2)25(20-11-9-18(10-12-20)22-7-5-6-8-23(22)28(31)36)26(35)29(37)33-21-14-13-19-15-16-32-27(30)24(19)17-21/h5-17,25-26,35H,3-4H2,1-2H3,(H2,30,32)(H2,31,36)(H,33,37). The molecule has 37 heavy (non-hydrogen) atoms. The van der Waals surface area contributed by atoms with Gasteiger partial charge in [-0.15, -0.1) is 0 Å². The van der Waals surface area contributed by atoms with Gasteiger partial charge in [0, 0.05) is 22.8 Å². The van der Waals surface area contributed by atoms with E-state index >= 15 is 0 Å². The van der Waals surface area contributed by atoms with E-state index in [1.807, 2.05) is 67.3 Å². The van der Waals surface area contributed by atoms with Gasteiger partial charge >= 0.3 is 0 Å². The lowest BCUT2D eigenvalue weighted by Crippen LogP contribution is -2.42. The third-order valence-corrected chi connectivity index (χ3v) is 6.59. The summed E-state index contributed by atoms with van der Waals surface area (Å²) in [6.45, 7) is 5.24. The number of benzene rings is 3. The molecule has 0 fully saturated rings. The van der Waals surface area contributed by atoms with Crippen LogP contribution in [0.3, 0.4) is 0 Å². The number of aliphatic hydroxyl groups is 1. The number of hydrogen-bond acceptors (Lipinski definition) is 6. The van der Waals surface area contributed by atoms with Crippen molar-refractivity contribution in [3.05, 3.63) is 90.1 Å². The normalized spacial score (nSPS) is 12.9. The van der Waals surface area contributed by atoms with Crippen molar-refractivity contribution >= 4 is 34.1 Å². The molecule has 0 aliphatic carbocycles. The number of carbonyl (C=O) groups excluding carboxylic acids is 2. The molecule has 0 aliphatic heterocycles. The quantitative estimate of drug-likeness (QED) is 0.276. The van der Waals surface area contributed by atoms with Gasteiger partial charge in [-0.05, 0) is 59.4 Å². The molecule has 190 valence electrons. The molecular formula is C29H31N5O3. The molecule has 0 saturated carbocycles. The number of nitrogens with zero attached hydrogens (tertiary/aromatic N) is 2. The Kier molecular flexibility index (Phi) is 7.81. The van der Waals surface area contributed by atoms with E-state index < -0.39 is 24.0 Å². The van der Waals surface area contributed by atoms with Gasteiger partial charge in [0.15, 0.2) is 6.10 Å². The Balaban J connectivity index is 1.62. The molecule has 0 saturated heterocycles. The van der Waals surface area contributed by atoms with Gasteiger partial charge in [-0.3, -0.25) is 14.5 Å². The van der Waals surface area contributed by atoms with Crippen LogP contribution in [0.25, 0.3) is 21.9 Å². The van der Waals surface area contributed by atoms with Crippen LogP contribution < -0.4 is 16.8 Å². The number of likely N-dealkylation sites (N-methyl/N-ethyl adjacent to an activating group) is 1. The molecule has 8 heteroatoms. The summed E-state index contributed by atoms with van der Waals surface area (Å²) in [6.07, 6.45) is 0.289. The van der Waals surface area contributed by atoms with Crippen molar-refractivity contribution in [2.75, 3.05) is 24.1 Å². The second-order valence-electron chi connectivity index (χ2n) is 8.76. The zero-order valence-electron chi connectivity index (χ0n) is 20.9. The van der Waals surface area contributed by atoms with Gasteiger partial charge in [0.2, 0.25) is 5.91 Å². The summed E-state index contributed by atoms with van der Waals surface area (Å²) < 4.78 is 0. The molecule has 0 spiro atoms. The highest BCUT2D eigenvalue weighted by atomic mass is 16.3. The first-order valence-electron chi connectivity index (χ1n) is 12.2. The largest absolute Gasteiger partial charge is 0.383 e. The van der Waals surface area contributed by atoms with Crippen LogP contribution in [0, 0.1) is 0 Å². The number of primary amides is 1. The lowest BCUT2D eigenvalue weighted by Gasteiger charge is -2.33. The van der Waals surface area contributed by atoms with E-state index in [0.29, 0.717) is 30.2 Å². The summed E-state index contributed by atoms with van der Waals surface area (Å²) in [5, 5.41) is 15.7. The fraction of sp³-hybridized carbons (Fsp3) is 0.207. The van der Waals surface area contributed by atoms with Gasteiger partial charge in [0.25, 0.3) is 5.91 Å². The summed E-state index contributed by atoms with van der Waals surface area (Å²) in [6, 6.07) is 21.3. The van der Waals surface area contributed by atoms with Gasteiger partial charge in [0.05, 0.1) is 6.04 Å². The second-order valence-corrected chi connectivity index (χ2v) is 8.76. The van der Waals surface area contributed by atoms with Gasteiger partial charge in [-0.2, -0.15) is 0 Å². The lowest BCUT2D eigenvalue weighted by atomic mass is 9.94. The third kappa shape index (κ3) is 5.45. The highest BCUT2D eigenvalue weighted by Gasteiger charge is 2.31. The molecule has 1 heterocycles. The van der Waals surface area contributed by atoms with Crippen LogP contribution in [0.2, 0.25) is 0 Å². The molecule has 1 aromatic heterocycles. The van der Waals surface area contributed by atoms with Crippen molar-refractivity contribution in [1.82, 2.24) is 9.88 Å². The van der Waals surface area contributed by atoms with Crippen LogP contribution in [0.4, 0.5) is 11.5 Å². The number of aromatic nitrogens is 1. The number of nitrogens with two attached hydrogens (primary N) is 2. The summed E-state index contributed by atoms with van der Waals surface area (Å²) in [5.41, 5.74) is 14.8. The maximum Gasteiger partial charge on any atom is 0.255 e. The van der Waals surface area contributed by atoms with Crippen molar-refractivity contribution in [2.45, 2.75) is 26.0 Å². The molecule has 0 bridgehead atoms. The maximum atomic E-state index is 13.2. The number of aliphatic hydroxyl groups excluding tert-OH is 1. The summed E-state index contributed by atoms with van der Waals surface area (Å²) in [7, 11) is 0. The molecule has 3 aromatic carbocycles. The number of amides is 2. The fourth-order valence-electron chi connectivity index (χ4n) is 4.65. The monoisotopic (exact) mass is 497 g/mol. The number of hydrogen-bond donors (Lipinski definition) is 4. The van der Waals surface area contributed by atoms with Crippen LogP contribution >= 0.6 is 0 Å². The Labute approximate surface area is 215 Å². The minimum absolute atomic E-state index is 0.369. The topological polar surface area (TPSA) is 135 Å². The Morgan fingerprint density at radius 1 is 1.00 bits per heavy atom. The van der Waals surface area contributed by atoms with E-state index in [1.54, 1.807) is 30.5 Å². The smallest absolute Gasteiger partial charge is 0.255 e. The zero-order chi connectivity index (χ0) is 26.5. The highest BCUT2D eigenvalue weighted by molar-refractivity contribution is 6.00. The number of pyridine rings is 1. The molecule has 2 atom stereocenters. The minimum atomic E-state index is -1.34. The number of anilines is 2. The Morgan fingerprint density at radius 3 is 2.38 bits per heavy atom. The Bertz CT molecular complexity index is 1420. The molecule has 4 aromatic rings. The van der Waals surface area contributed by atoms with Crippen LogP contribution in [0.1, 0.15) is 35.8 Å². The number of rotatable bonds is 9. The number of carbonyl (C=O) groups is 2. The van der Waals surface area contributed by atoms with E-state index in [-0.39, 0.29) is 0 Å². The van der Waals surface area contributed by atoms with E-state index in [9.17, 15) is 14.7 Å². The number of nitrogen functional groups attached to an aromatic ring is 1. The average Bonchev–Trinajstić information content (AvgIpc) is 2.92. The predicted octanol–water partition coefficient (Wildman–Crippen LogP) is 3.97. The number of fused-ring (bicyclic) bond motifs is 1. The molecule has 0 aliphatic rings. The van der Waals surface area contributed by atoms with Crippen molar-refractivity contribution in [1.29, 1.82) is 0 Å². The molecule has 4 rings (SSSR count). The van der Waals surface area contributed by atoms with Crippen molar-refractivity contribution in [2.24, 2.45) is 5.73 Å². The maximum absolute atomic E-state index is 13.2. The van der Waals surface area contributed by atoms with Crippen molar-refractivity contribution < 1.29 is 14.7 Å². The van der Waals surface area contributed by atoms with Crippen molar-refractivity contribution in [3.8, 4) is 11.1 Å². The van der Waals surface area contributed by atoms with Gasteiger partial charge < -0.3 is 21.9 Å². The van der Waals surface area contributed by atoms with Gasteiger partial charge in [0.1, 0.15) is 5.82 Å². The molecule has 6 N–H and O–H groups in total. The summed E-state index contributed by atoms with van der Waals surface area (Å²) >= 11 is 0. The van der Waals surface area contributed by atoms with Gasteiger partial charge in [-0.25, -0.2) is 4.98 Å². The first-order valence-corrected chi connectivity index (χ1v) is 12.2. The lowest BCUT2D eigenvalue weighted by molar-refractivity contribution is -0.127. The first-order chi connectivity index (χ1) is 17.8. The highest BCUT2D eigenvalue weighted by Crippen LogP contribution is 2.30. The molecule has 0 radical (unpaired) electrons. The zero-order valence-corrected chi connectivity index (χ0v) is 20.9. The third-order valence-electron chi connectivity index (χ3n) is 6.59. The van der Waals surface area contributed by atoms with Crippen LogP contribution in [0.5, 0.6) is 0 Å². The van der Waals surface area contributed by atoms with E-state index in [2.05, 4.69) is 10.3 Å². The van der Waals surface area contributed by atoms with Crippen molar-refractivity contribution in [3.63, 3.8) is 0 Å². The summed E-state index contributed by atoms with van der Waals surface area (Å²) in [4.78, 5) is 31.2. The minimum Gasteiger partial charge on any atom is -0.383 e. The van der Waals surface area contributed by atoms with Crippen LogP contribution in [-0.2, 0) is 4.79 Å². The van der Waals surface area contributed by atoms with E-state index in [1.165, 1.54) is 0 Å². The fourth-order valence-corrected chi connectivity index (χ4v) is 4.65. The van der Waals surface area contributed by atoms with Crippen LogP contribution in [-0.4, -0.2) is 46.0 Å². The molecule has 2 unspecified atom stereocenters. The Morgan fingerprint density at radius 2 is 1.70 bits per heavy atom. The van der Waals surface area contributed by atoms with E-state index in [4.69, 9.17) is 11.5 Å². The van der Waals surface area contributed by atoms with E-state index in [0.717, 1.165) is 27.5 Å². The predicted molar refractivity (Wildman–Crippen MR) is 147 cm³/mol. The first kappa shape index (κ1) is 25.8. The molecular weight excluding hydrogens is 466 g/mol. The average molecular weight is 498 g/mol. The number of nitrogens with one attached hydrogen (secondary N) is 1. The van der Waals surface area contributed by atoms with Crippen LogP contribution in [0.15, 0.2) is 79.0 Å². The SMILES string of the molecule is CCN(CC)C(c1ccc(-c2ccccc2C(N)=O)cc1)C(O)C(=O)Nc1ccc2ccnc(N)c2c1. The van der Waals surface area contributed by atoms with Gasteiger partial charge in [-0.1, -0.05) is 62.4 Å². The molecule has 8 nitrogen and oxygen atoms in total.